The average Bonchev–Trinajstić information content (AvgIpc) is 2.49. The summed E-state index contributed by atoms with van der Waals surface area (Å²) in [6.07, 6.45) is 6.91. The molecular formula is C17H24N2O. The van der Waals surface area contributed by atoms with Crippen molar-refractivity contribution < 1.29 is 4.74 Å². The van der Waals surface area contributed by atoms with Crippen molar-refractivity contribution in [3.8, 4) is 11.8 Å². The van der Waals surface area contributed by atoms with Crippen molar-refractivity contribution in [2.24, 2.45) is 0 Å². The molecule has 1 N–H and O–H groups in total. The summed E-state index contributed by atoms with van der Waals surface area (Å²) in [6.45, 7) is 1.99. The number of rotatable bonds is 5. The van der Waals surface area contributed by atoms with Crippen LogP contribution in [0.2, 0.25) is 0 Å². The molecule has 1 fully saturated rings. The Morgan fingerprint density at radius 3 is 2.65 bits per heavy atom. The number of nitrogens with zero attached hydrogens (tertiary/aromatic N) is 1. The number of ether oxygens (including phenoxy) is 1. The van der Waals surface area contributed by atoms with Gasteiger partial charge in [-0.25, -0.2) is 0 Å². The van der Waals surface area contributed by atoms with E-state index in [1.165, 1.54) is 32.1 Å². The van der Waals surface area contributed by atoms with Gasteiger partial charge in [-0.2, -0.15) is 5.26 Å². The average molecular weight is 272 g/mol. The van der Waals surface area contributed by atoms with Gasteiger partial charge in [-0.05, 0) is 31.4 Å². The van der Waals surface area contributed by atoms with Gasteiger partial charge in [0.1, 0.15) is 11.3 Å². The molecule has 20 heavy (non-hydrogen) atoms. The van der Waals surface area contributed by atoms with Gasteiger partial charge in [0.15, 0.2) is 0 Å². The molecule has 0 amide bonds. The minimum atomic E-state index is -0.531. The van der Waals surface area contributed by atoms with Crippen molar-refractivity contribution in [3.05, 3.63) is 29.8 Å². The molecular weight excluding hydrogens is 248 g/mol. The van der Waals surface area contributed by atoms with Crippen molar-refractivity contribution in [2.45, 2.75) is 57.0 Å². The van der Waals surface area contributed by atoms with Crippen LogP contribution in [0.4, 0.5) is 0 Å². The molecule has 0 aliphatic heterocycles. The Hall–Kier alpha value is -1.53. The van der Waals surface area contributed by atoms with E-state index in [0.29, 0.717) is 12.5 Å². The Kier molecular flexibility index (Phi) is 5.03. The summed E-state index contributed by atoms with van der Waals surface area (Å²) < 4.78 is 5.39. The van der Waals surface area contributed by atoms with E-state index in [2.05, 4.69) is 11.4 Å². The third-order valence-corrected chi connectivity index (χ3v) is 4.11. The van der Waals surface area contributed by atoms with E-state index in [1.54, 1.807) is 7.11 Å². The molecule has 1 aliphatic carbocycles. The second kappa shape index (κ2) is 6.76. The van der Waals surface area contributed by atoms with Crippen LogP contribution in [0, 0.1) is 11.3 Å². The molecule has 0 saturated heterocycles. The molecule has 1 saturated carbocycles. The number of hydrogen-bond donors (Lipinski definition) is 1. The smallest absolute Gasteiger partial charge is 0.122 e. The lowest BCUT2D eigenvalue weighted by atomic mass is 9.89. The van der Waals surface area contributed by atoms with Crippen LogP contribution in [0.5, 0.6) is 5.75 Å². The molecule has 0 aromatic heterocycles. The molecule has 1 aliphatic rings. The van der Waals surface area contributed by atoms with Gasteiger partial charge in [0, 0.05) is 12.5 Å². The number of hydrogen-bond acceptors (Lipinski definition) is 3. The predicted octanol–water partition coefficient (Wildman–Crippen LogP) is 3.44. The molecule has 0 radical (unpaired) electrons. The maximum atomic E-state index is 9.59. The highest BCUT2D eigenvalue weighted by atomic mass is 16.5. The second-order valence-corrected chi connectivity index (χ2v) is 5.91. The van der Waals surface area contributed by atoms with Gasteiger partial charge in [0.05, 0.1) is 13.2 Å². The van der Waals surface area contributed by atoms with Crippen LogP contribution >= 0.6 is 0 Å². The molecule has 3 heteroatoms. The monoisotopic (exact) mass is 272 g/mol. The van der Waals surface area contributed by atoms with E-state index in [4.69, 9.17) is 4.74 Å². The molecule has 2 rings (SSSR count). The lowest BCUT2D eigenvalue weighted by Crippen LogP contribution is -2.49. The Morgan fingerprint density at radius 2 is 2.00 bits per heavy atom. The minimum absolute atomic E-state index is 0.475. The Morgan fingerprint density at radius 1 is 1.30 bits per heavy atom. The third kappa shape index (κ3) is 3.74. The van der Waals surface area contributed by atoms with Gasteiger partial charge >= 0.3 is 0 Å². The largest absolute Gasteiger partial charge is 0.496 e. The predicted molar refractivity (Wildman–Crippen MR) is 80.7 cm³/mol. The van der Waals surface area contributed by atoms with E-state index >= 15 is 0 Å². The second-order valence-electron chi connectivity index (χ2n) is 5.91. The summed E-state index contributed by atoms with van der Waals surface area (Å²) >= 11 is 0. The quantitative estimate of drug-likeness (QED) is 0.893. The first-order chi connectivity index (χ1) is 9.67. The molecule has 1 aromatic rings. The Labute approximate surface area is 121 Å². The van der Waals surface area contributed by atoms with Crippen LogP contribution in [-0.2, 0) is 6.42 Å². The van der Waals surface area contributed by atoms with Crippen LogP contribution in [0.25, 0.3) is 0 Å². The lowest BCUT2D eigenvalue weighted by molar-refractivity contribution is 0.303. The number of para-hydroxylation sites is 1. The molecule has 1 aromatic carbocycles. The van der Waals surface area contributed by atoms with Crippen molar-refractivity contribution in [1.29, 1.82) is 5.26 Å². The molecule has 0 heterocycles. The standard InChI is InChI=1S/C17H24N2O/c1-17(13-18,19-15-9-4-3-5-10-15)12-14-8-6-7-11-16(14)20-2/h6-8,11,15,19H,3-5,9-10,12H2,1-2H3. The minimum Gasteiger partial charge on any atom is -0.496 e. The van der Waals surface area contributed by atoms with E-state index in [-0.39, 0.29) is 0 Å². The summed E-state index contributed by atoms with van der Waals surface area (Å²) in [6, 6.07) is 10.9. The molecule has 3 nitrogen and oxygen atoms in total. The summed E-state index contributed by atoms with van der Waals surface area (Å²) in [7, 11) is 1.68. The first-order valence-corrected chi connectivity index (χ1v) is 7.48. The van der Waals surface area contributed by atoms with E-state index in [1.807, 2.05) is 31.2 Å². The first kappa shape index (κ1) is 14.9. The SMILES string of the molecule is COc1ccccc1CC(C)(C#N)NC1CCCCC1. The van der Waals surface area contributed by atoms with Crippen molar-refractivity contribution in [1.82, 2.24) is 5.32 Å². The molecule has 0 spiro atoms. The van der Waals surface area contributed by atoms with E-state index in [0.717, 1.165) is 11.3 Å². The van der Waals surface area contributed by atoms with Crippen LogP contribution in [-0.4, -0.2) is 18.7 Å². The highest BCUT2D eigenvalue weighted by molar-refractivity contribution is 5.35. The van der Waals surface area contributed by atoms with E-state index < -0.39 is 5.54 Å². The maximum absolute atomic E-state index is 9.59. The molecule has 1 unspecified atom stereocenters. The molecule has 108 valence electrons. The fourth-order valence-corrected chi connectivity index (χ4v) is 3.05. The molecule has 0 bridgehead atoms. The van der Waals surface area contributed by atoms with Gasteiger partial charge < -0.3 is 4.74 Å². The topological polar surface area (TPSA) is 45.0 Å². The number of nitrogens with one attached hydrogen (secondary N) is 1. The number of methoxy groups -OCH3 is 1. The zero-order valence-electron chi connectivity index (χ0n) is 12.5. The Bertz CT molecular complexity index is 474. The summed E-state index contributed by atoms with van der Waals surface area (Å²) in [5.41, 5.74) is 0.554. The van der Waals surface area contributed by atoms with Gasteiger partial charge in [-0.1, -0.05) is 37.5 Å². The molecule has 1 atom stereocenters. The fourth-order valence-electron chi connectivity index (χ4n) is 3.05. The van der Waals surface area contributed by atoms with Gasteiger partial charge in [0.2, 0.25) is 0 Å². The third-order valence-electron chi connectivity index (χ3n) is 4.11. The maximum Gasteiger partial charge on any atom is 0.122 e. The van der Waals surface area contributed by atoms with Crippen LogP contribution < -0.4 is 10.1 Å². The number of benzene rings is 1. The van der Waals surface area contributed by atoms with Crippen LogP contribution in [0.15, 0.2) is 24.3 Å². The van der Waals surface area contributed by atoms with E-state index in [9.17, 15) is 5.26 Å². The summed E-state index contributed by atoms with van der Waals surface area (Å²) in [4.78, 5) is 0. The first-order valence-electron chi connectivity index (χ1n) is 7.48. The van der Waals surface area contributed by atoms with Crippen molar-refractivity contribution >= 4 is 0 Å². The van der Waals surface area contributed by atoms with Gasteiger partial charge in [-0.3, -0.25) is 5.32 Å². The summed E-state index contributed by atoms with van der Waals surface area (Å²) in [5.74, 6) is 0.861. The highest BCUT2D eigenvalue weighted by Crippen LogP contribution is 2.25. The Balaban J connectivity index is 2.08. The van der Waals surface area contributed by atoms with Crippen molar-refractivity contribution in [3.63, 3.8) is 0 Å². The zero-order valence-corrected chi connectivity index (χ0v) is 12.5. The fraction of sp³-hybridized carbons (Fsp3) is 0.588. The van der Waals surface area contributed by atoms with Crippen LogP contribution in [0.1, 0.15) is 44.6 Å². The number of nitriles is 1. The zero-order chi connectivity index (χ0) is 14.4. The van der Waals surface area contributed by atoms with Crippen LogP contribution in [0.3, 0.4) is 0 Å². The van der Waals surface area contributed by atoms with Crippen molar-refractivity contribution in [2.75, 3.05) is 7.11 Å². The van der Waals surface area contributed by atoms with Gasteiger partial charge in [0.25, 0.3) is 0 Å². The lowest BCUT2D eigenvalue weighted by Gasteiger charge is -2.32. The normalized spacial score (nSPS) is 19.1. The highest BCUT2D eigenvalue weighted by Gasteiger charge is 2.29. The summed E-state index contributed by atoms with van der Waals surface area (Å²) in [5, 5.41) is 13.2. The van der Waals surface area contributed by atoms with Gasteiger partial charge in [-0.15, -0.1) is 0 Å².